The molecule has 1 atom stereocenters. The van der Waals surface area contributed by atoms with Gasteiger partial charge in [-0.3, -0.25) is 4.90 Å². The van der Waals surface area contributed by atoms with Crippen molar-refractivity contribution >= 4 is 0 Å². The first kappa shape index (κ1) is 12.9. The molecule has 2 fully saturated rings. The molecule has 19 heavy (non-hydrogen) atoms. The highest BCUT2D eigenvalue weighted by Gasteiger charge is 2.36. The lowest BCUT2D eigenvalue weighted by Crippen LogP contribution is -2.50. The molecule has 2 N–H and O–H groups in total. The quantitative estimate of drug-likeness (QED) is 0.857. The van der Waals surface area contributed by atoms with Crippen LogP contribution >= 0.6 is 0 Å². The number of phenols is 1. The summed E-state index contributed by atoms with van der Waals surface area (Å²) in [5.74, 6) is 0.434. The zero-order chi connectivity index (χ0) is 13.1. The Labute approximate surface area is 115 Å². The minimum atomic E-state index is 0.434. The van der Waals surface area contributed by atoms with Crippen LogP contribution in [0.4, 0.5) is 0 Å². The first-order valence-corrected chi connectivity index (χ1v) is 7.47. The average molecular weight is 260 g/mol. The molecule has 1 aromatic rings. The number of aromatic hydroxyl groups is 1. The number of piperidine rings is 2. The van der Waals surface area contributed by atoms with E-state index in [-0.39, 0.29) is 0 Å². The van der Waals surface area contributed by atoms with E-state index in [1.54, 1.807) is 6.07 Å². The lowest BCUT2D eigenvalue weighted by atomic mass is 9.74. The Balaban J connectivity index is 1.67. The fraction of sp³-hybridized carbons (Fsp3) is 0.625. The number of nitrogens with zero attached hydrogens (tertiary/aromatic N) is 1. The molecule has 1 spiro atoms. The van der Waals surface area contributed by atoms with Crippen LogP contribution in [0.5, 0.6) is 5.75 Å². The second-order valence-electron chi connectivity index (χ2n) is 6.22. The highest BCUT2D eigenvalue weighted by molar-refractivity contribution is 5.31. The molecule has 0 radical (unpaired) electrons. The topological polar surface area (TPSA) is 35.5 Å². The Morgan fingerprint density at radius 3 is 2.84 bits per heavy atom. The van der Waals surface area contributed by atoms with E-state index < -0.39 is 0 Å². The van der Waals surface area contributed by atoms with E-state index >= 15 is 0 Å². The Kier molecular flexibility index (Phi) is 3.76. The molecule has 2 heterocycles. The van der Waals surface area contributed by atoms with Gasteiger partial charge < -0.3 is 10.4 Å². The van der Waals surface area contributed by atoms with Crippen molar-refractivity contribution in [2.24, 2.45) is 5.41 Å². The van der Waals surface area contributed by atoms with Crippen LogP contribution in [0.1, 0.15) is 31.2 Å². The first-order chi connectivity index (χ1) is 9.27. The third kappa shape index (κ3) is 2.93. The normalized spacial score (nSPS) is 28.6. The predicted octanol–water partition coefficient (Wildman–Crippen LogP) is 2.36. The van der Waals surface area contributed by atoms with Crippen molar-refractivity contribution in [1.82, 2.24) is 10.2 Å². The Morgan fingerprint density at radius 1 is 1.21 bits per heavy atom. The summed E-state index contributed by atoms with van der Waals surface area (Å²) in [6.45, 7) is 5.57. The molecule has 3 heteroatoms. The van der Waals surface area contributed by atoms with Crippen molar-refractivity contribution in [2.45, 2.75) is 32.2 Å². The summed E-state index contributed by atoms with van der Waals surface area (Å²) in [6, 6.07) is 7.73. The summed E-state index contributed by atoms with van der Waals surface area (Å²) >= 11 is 0. The summed E-state index contributed by atoms with van der Waals surface area (Å²) in [7, 11) is 0. The van der Waals surface area contributed by atoms with Crippen LogP contribution in [0.2, 0.25) is 0 Å². The van der Waals surface area contributed by atoms with Crippen molar-refractivity contribution in [3.05, 3.63) is 29.8 Å². The van der Waals surface area contributed by atoms with Gasteiger partial charge in [0.2, 0.25) is 0 Å². The van der Waals surface area contributed by atoms with Crippen LogP contribution in [-0.2, 0) is 6.54 Å². The van der Waals surface area contributed by atoms with Gasteiger partial charge in [-0.05, 0) is 50.3 Å². The molecule has 0 amide bonds. The summed E-state index contributed by atoms with van der Waals surface area (Å²) in [5.41, 5.74) is 1.55. The fourth-order valence-corrected chi connectivity index (χ4v) is 3.71. The average Bonchev–Trinajstić information content (AvgIpc) is 2.42. The SMILES string of the molecule is Oc1ccccc1CN1CCCC2(CCCNC2)C1. The van der Waals surface area contributed by atoms with Gasteiger partial charge in [0, 0.05) is 25.2 Å². The molecule has 2 saturated heterocycles. The van der Waals surface area contributed by atoms with E-state index in [1.165, 1.54) is 45.3 Å². The molecule has 1 aromatic carbocycles. The zero-order valence-corrected chi connectivity index (χ0v) is 11.6. The molecule has 1 unspecified atom stereocenters. The maximum Gasteiger partial charge on any atom is 0.120 e. The molecule has 0 aromatic heterocycles. The summed E-state index contributed by atoms with van der Waals surface area (Å²) in [5, 5.41) is 13.5. The van der Waals surface area contributed by atoms with Crippen LogP contribution in [-0.4, -0.2) is 36.2 Å². The summed E-state index contributed by atoms with van der Waals surface area (Å²) in [4.78, 5) is 2.52. The van der Waals surface area contributed by atoms with Gasteiger partial charge in [0.05, 0.1) is 0 Å². The Hall–Kier alpha value is -1.06. The first-order valence-electron chi connectivity index (χ1n) is 7.47. The van der Waals surface area contributed by atoms with Gasteiger partial charge in [-0.25, -0.2) is 0 Å². The van der Waals surface area contributed by atoms with Crippen molar-refractivity contribution in [2.75, 3.05) is 26.2 Å². The number of para-hydroxylation sites is 1. The van der Waals surface area contributed by atoms with Gasteiger partial charge in [-0.15, -0.1) is 0 Å². The standard InChI is InChI=1S/C16H24N2O/c19-15-6-2-1-5-14(15)11-18-10-4-8-16(13-18)7-3-9-17-12-16/h1-2,5-6,17,19H,3-4,7-13H2. The molecule has 3 nitrogen and oxygen atoms in total. The van der Waals surface area contributed by atoms with Crippen molar-refractivity contribution in [3.8, 4) is 5.75 Å². The molecule has 0 saturated carbocycles. The van der Waals surface area contributed by atoms with Crippen LogP contribution in [0, 0.1) is 5.41 Å². The molecule has 104 valence electrons. The van der Waals surface area contributed by atoms with E-state index in [1.807, 2.05) is 18.2 Å². The van der Waals surface area contributed by atoms with Crippen molar-refractivity contribution < 1.29 is 5.11 Å². The largest absolute Gasteiger partial charge is 0.508 e. The monoisotopic (exact) mass is 260 g/mol. The number of nitrogens with one attached hydrogen (secondary N) is 1. The van der Waals surface area contributed by atoms with Crippen LogP contribution < -0.4 is 5.32 Å². The van der Waals surface area contributed by atoms with E-state index in [0.29, 0.717) is 11.2 Å². The predicted molar refractivity (Wildman–Crippen MR) is 77.2 cm³/mol. The highest BCUT2D eigenvalue weighted by atomic mass is 16.3. The van der Waals surface area contributed by atoms with Gasteiger partial charge >= 0.3 is 0 Å². The maximum absolute atomic E-state index is 9.90. The maximum atomic E-state index is 9.90. The van der Waals surface area contributed by atoms with E-state index in [0.717, 1.165) is 18.7 Å². The number of likely N-dealkylation sites (tertiary alicyclic amines) is 1. The van der Waals surface area contributed by atoms with Gasteiger partial charge in [0.15, 0.2) is 0 Å². The van der Waals surface area contributed by atoms with E-state index in [4.69, 9.17) is 0 Å². The minimum Gasteiger partial charge on any atom is -0.508 e. The lowest BCUT2D eigenvalue weighted by molar-refractivity contribution is 0.0596. The van der Waals surface area contributed by atoms with E-state index in [2.05, 4.69) is 10.2 Å². The molecule has 3 rings (SSSR count). The van der Waals surface area contributed by atoms with Crippen molar-refractivity contribution in [1.29, 1.82) is 0 Å². The number of rotatable bonds is 2. The van der Waals surface area contributed by atoms with Gasteiger partial charge in [0.25, 0.3) is 0 Å². The highest BCUT2D eigenvalue weighted by Crippen LogP contribution is 2.36. The van der Waals surface area contributed by atoms with Crippen LogP contribution in [0.15, 0.2) is 24.3 Å². The number of hydrogen-bond acceptors (Lipinski definition) is 3. The smallest absolute Gasteiger partial charge is 0.120 e. The Morgan fingerprint density at radius 2 is 2.05 bits per heavy atom. The summed E-state index contributed by atoms with van der Waals surface area (Å²) in [6.07, 6.45) is 5.31. The molecule has 0 aliphatic carbocycles. The second-order valence-corrected chi connectivity index (χ2v) is 6.22. The molecular weight excluding hydrogens is 236 g/mol. The van der Waals surface area contributed by atoms with Crippen LogP contribution in [0.3, 0.4) is 0 Å². The number of hydrogen-bond donors (Lipinski definition) is 2. The zero-order valence-electron chi connectivity index (χ0n) is 11.6. The fourth-order valence-electron chi connectivity index (χ4n) is 3.71. The molecule has 0 bridgehead atoms. The van der Waals surface area contributed by atoms with Gasteiger partial charge in [0.1, 0.15) is 5.75 Å². The van der Waals surface area contributed by atoms with E-state index in [9.17, 15) is 5.11 Å². The molecule has 2 aliphatic rings. The minimum absolute atomic E-state index is 0.434. The van der Waals surface area contributed by atoms with Crippen molar-refractivity contribution in [3.63, 3.8) is 0 Å². The number of phenolic OH excluding ortho intramolecular Hbond substituents is 1. The molecular formula is C16H24N2O. The second kappa shape index (κ2) is 5.51. The number of benzene rings is 1. The van der Waals surface area contributed by atoms with Gasteiger partial charge in [-0.2, -0.15) is 0 Å². The third-order valence-electron chi connectivity index (χ3n) is 4.69. The van der Waals surface area contributed by atoms with Crippen LogP contribution in [0.25, 0.3) is 0 Å². The van der Waals surface area contributed by atoms with Gasteiger partial charge in [-0.1, -0.05) is 18.2 Å². The third-order valence-corrected chi connectivity index (χ3v) is 4.69. The molecule has 2 aliphatic heterocycles. The lowest BCUT2D eigenvalue weighted by Gasteiger charge is -2.45. The Bertz CT molecular complexity index is 421. The summed E-state index contributed by atoms with van der Waals surface area (Å²) < 4.78 is 0.